The smallest absolute Gasteiger partial charge is 0.315 e. The molecule has 1 atom stereocenters. The zero-order valence-corrected chi connectivity index (χ0v) is 10.3. The van der Waals surface area contributed by atoms with Crippen LogP contribution in [0, 0.1) is 0 Å². The maximum Gasteiger partial charge on any atom is 0.315 e. The van der Waals surface area contributed by atoms with Gasteiger partial charge in [0.2, 0.25) is 0 Å². The van der Waals surface area contributed by atoms with E-state index in [9.17, 15) is 4.79 Å². The van der Waals surface area contributed by atoms with Gasteiger partial charge in [-0.05, 0) is 20.3 Å². The Balaban J connectivity index is 3.86. The van der Waals surface area contributed by atoms with Crippen LogP contribution < -0.4 is 10.6 Å². The van der Waals surface area contributed by atoms with Crippen molar-refractivity contribution < 1.29 is 9.53 Å². The summed E-state index contributed by atoms with van der Waals surface area (Å²) in [6.45, 7) is 6.59. The van der Waals surface area contributed by atoms with Gasteiger partial charge in [0.25, 0.3) is 0 Å². The summed E-state index contributed by atoms with van der Waals surface area (Å²) < 4.78 is 5.06. The fraction of sp³-hybridized carbons (Fsp3) is 0.909. The molecule has 0 heterocycles. The molecule has 0 aromatic rings. The first-order valence-electron chi connectivity index (χ1n) is 5.66. The third-order valence-electron chi connectivity index (χ3n) is 2.03. The minimum absolute atomic E-state index is 0.108. The number of carbonyl (C=O) groups excluding carboxylic acids is 1. The highest BCUT2D eigenvalue weighted by Crippen LogP contribution is 2.00. The van der Waals surface area contributed by atoms with Crippen LogP contribution in [0.1, 0.15) is 40.0 Å². The number of hydrogen-bond donors (Lipinski definition) is 2. The third-order valence-corrected chi connectivity index (χ3v) is 2.03. The zero-order valence-electron chi connectivity index (χ0n) is 10.3. The summed E-state index contributed by atoms with van der Waals surface area (Å²) in [5.41, 5.74) is 0. The minimum Gasteiger partial charge on any atom is -0.383 e. The van der Waals surface area contributed by atoms with Gasteiger partial charge in [-0.2, -0.15) is 0 Å². The lowest BCUT2D eigenvalue weighted by atomic mass is 10.1. The van der Waals surface area contributed by atoms with Crippen LogP contribution in [-0.2, 0) is 4.74 Å². The lowest BCUT2D eigenvalue weighted by Crippen LogP contribution is -2.46. The maximum absolute atomic E-state index is 11.4. The highest BCUT2D eigenvalue weighted by Gasteiger charge is 2.11. The van der Waals surface area contributed by atoms with E-state index < -0.39 is 0 Å². The monoisotopic (exact) mass is 216 g/mol. The summed E-state index contributed by atoms with van der Waals surface area (Å²) in [4.78, 5) is 11.4. The normalized spacial score (nSPS) is 12.6. The van der Waals surface area contributed by atoms with E-state index in [0.29, 0.717) is 6.61 Å². The van der Waals surface area contributed by atoms with Crippen LogP contribution in [-0.4, -0.2) is 31.8 Å². The number of amides is 2. The first-order valence-corrected chi connectivity index (χ1v) is 5.66. The number of urea groups is 1. The minimum atomic E-state index is -0.108. The Hall–Kier alpha value is -0.770. The molecule has 2 N–H and O–H groups in total. The van der Waals surface area contributed by atoms with E-state index in [1.807, 2.05) is 13.8 Å². The van der Waals surface area contributed by atoms with Crippen LogP contribution in [0.3, 0.4) is 0 Å². The van der Waals surface area contributed by atoms with Crippen molar-refractivity contribution in [3.8, 4) is 0 Å². The molecule has 2 amide bonds. The summed E-state index contributed by atoms with van der Waals surface area (Å²) >= 11 is 0. The van der Waals surface area contributed by atoms with Gasteiger partial charge in [0.1, 0.15) is 0 Å². The predicted molar refractivity (Wildman–Crippen MR) is 62.0 cm³/mol. The van der Waals surface area contributed by atoms with Gasteiger partial charge >= 0.3 is 6.03 Å². The molecule has 4 heteroatoms. The van der Waals surface area contributed by atoms with E-state index in [4.69, 9.17) is 4.74 Å². The number of methoxy groups -OCH3 is 1. The van der Waals surface area contributed by atoms with Crippen molar-refractivity contribution in [3.05, 3.63) is 0 Å². The lowest BCUT2D eigenvalue weighted by Gasteiger charge is -2.19. The topological polar surface area (TPSA) is 50.4 Å². The molecular formula is C11H24N2O2. The first kappa shape index (κ1) is 14.2. The van der Waals surface area contributed by atoms with E-state index in [-0.39, 0.29) is 18.1 Å². The highest BCUT2D eigenvalue weighted by molar-refractivity contribution is 5.74. The van der Waals surface area contributed by atoms with Crippen LogP contribution in [0.4, 0.5) is 4.79 Å². The van der Waals surface area contributed by atoms with E-state index in [0.717, 1.165) is 19.3 Å². The molecule has 0 aromatic heterocycles. The molecular weight excluding hydrogens is 192 g/mol. The van der Waals surface area contributed by atoms with Crippen molar-refractivity contribution in [1.82, 2.24) is 10.6 Å². The number of ether oxygens (including phenoxy) is 1. The van der Waals surface area contributed by atoms with Crippen molar-refractivity contribution in [2.24, 2.45) is 0 Å². The van der Waals surface area contributed by atoms with Gasteiger partial charge < -0.3 is 15.4 Å². The first-order chi connectivity index (χ1) is 7.10. The number of unbranched alkanes of at least 4 members (excludes halogenated alkanes) is 1. The second kappa shape index (κ2) is 8.53. The largest absolute Gasteiger partial charge is 0.383 e. The number of carbonyl (C=O) groups is 1. The highest BCUT2D eigenvalue weighted by atomic mass is 16.5. The van der Waals surface area contributed by atoms with Crippen molar-refractivity contribution in [2.75, 3.05) is 13.7 Å². The maximum atomic E-state index is 11.4. The average Bonchev–Trinajstić information content (AvgIpc) is 2.13. The van der Waals surface area contributed by atoms with E-state index in [1.54, 1.807) is 7.11 Å². The lowest BCUT2D eigenvalue weighted by molar-refractivity contribution is 0.160. The van der Waals surface area contributed by atoms with Crippen LogP contribution in [0.5, 0.6) is 0 Å². The standard InChI is InChI=1S/C11H24N2O2/c1-5-6-7-10(8-15-4)13-11(14)12-9(2)3/h9-10H,5-8H2,1-4H3,(H2,12,13,14)/t10-/m1/s1. The van der Waals surface area contributed by atoms with Crippen molar-refractivity contribution in [1.29, 1.82) is 0 Å². The van der Waals surface area contributed by atoms with Gasteiger partial charge in [0, 0.05) is 13.2 Å². The molecule has 90 valence electrons. The number of hydrogen-bond acceptors (Lipinski definition) is 2. The Kier molecular flexibility index (Phi) is 8.09. The van der Waals surface area contributed by atoms with E-state index >= 15 is 0 Å². The van der Waals surface area contributed by atoms with Crippen LogP contribution >= 0.6 is 0 Å². The molecule has 0 spiro atoms. The van der Waals surface area contributed by atoms with Crippen molar-refractivity contribution in [2.45, 2.75) is 52.1 Å². The third kappa shape index (κ3) is 8.24. The molecule has 0 aliphatic rings. The van der Waals surface area contributed by atoms with Gasteiger partial charge in [-0.1, -0.05) is 19.8 Å². The fourth-order valence-electron chi connectivity index (χ4n) is 1.34. The SMILES string of the molecule is CCCC[C@H](COC)NC(=O)NC(C)C. The van der Waals surface area contributed by atoms with E-state index in [1.165, 1.54) is 0 Å². The molecule has 0 unspecified atom stereocenters. The summed E-state index contributed by atoms with van der Waals surface area (Å²) in [5, 5.41) is 5.71. The van der Waals surface area contributed by atoms with Gasteiger partial charge in [-0.15, -0.1) is 0 Å². The predicted octanol–water partition coefficient (Wildman–Crippen LogP) is 1.90. The Morgan fingerprint density at radius 3 is 2.47 bits per heavy atom. The molecule has 0 saturated heterocycles. The Labute approximate surface area is 92.8 Å². The van der Waals surface area contributed by atoms with Crippen LogP contribution in [0.15, 0.2) is 0 Å². The molecule has 0 rings (SSSR count). The second-order valence-electron chi connectivity index (χ2n) is 4.07. The van der Waals surface area contributed by atoms with Gasteiger partial charge in [-0.25, -0.2) is 4.79 Å². The number of rotatable bonds is 7. The molecule has 0 aliphatic heterocycles. The molecule has 0 aromatic carbocycles. The Morgan fingerprint density at radius 2 is 2.00 bits per heavy atom. The zero-order chi connectivity index (χ0) is 11.7. The number of nitrogens with one attached hydrogen (secondary N) is 2. The van der Waals surface area contributed by atoms with Crippen molar-refractivity contribution >= 4 is 6.03 Å². The summed E-state index contributed by atoms with van der Waals surface area (Å²) in [5.74, 6) is 0. The summed E-state index contributed by atoms with van der Waals surface area (Å²) in [6.07, 6.45) is 3.21. The second-order valence-corrected chi connectivity index (χ2v) is 4.07. The van der Waals surface area contributed by atoms with Gasteiger partial charge in [0.05, 0.1) is 12.6 Å². The fourth-order valence-corrected chi connectivity index (χ4v) is 1.34. The van der Waals surface area contributed by atoms with Gasteiger partial charge in [0.15, 0.2) is 0 Å². The molecule has 0 fully saturated rings. The molecule has 4 nitrogen and oxygen atoms in total. The van der Waals surface area contributed by atoms with Crippen LogP contribution in [0.2, 0.25) is 0 Å². The summed E-state index contributed by atoms with van der Waals surface area (Å²) in [7, 11) is 1.65. The molecule has 15 heavy (non-hydrogen) atoms. The average molecular weight is 216 g/mol. The summed E-state index contributed by atoms with van der Waals surface area (Å²) in [6, 6.07) is 0.177. The molecule has 0 radical (unpaired) electrons. The van der Waals surface area contributed by atoms with Gasteiger partial charge in [-0.3, -0.25) is 0 Å². The molecule has 0 saturated carbocycles. The van der Waals surface area contributed by atoms with Crippen molar-refractivity contribution in [3.63, 3.8) is 0 Å². The Morgan fingerprint density at radius 1 is 1.33 bits per heavy atom. The molecule has 0 bridgehead atoms. The van der Waals surface area contributed by atoms with E-state index in [2.05, 4.69) is 17.6 Å². The van der Waals surface area contributed by atoms with Crippen LogP contribution in [0.25, 0.3) is 0 Å². The quantitative estimate of drug-likeness (QED) is 0.683. The Bertz CT molecular complexity index is 172. The molecule has 0 aliphatic carbocycles.